The van der Waals surface area contributed by atoms with Crippen molar-refractivity contribution in [3.8, 4) is 0 Å². The molecule has 1 aromatic rings. The number of carboxylic acid groups (broad SMARTS) is 1. The molecule has 0 unspecified atom stereocenters. The molecule has 0 aromatic carbocycles. The molecule has 20 heavy (non-hydrogen) atoms. The number of rotatable bonds is 2. The summed E-state index contributed by atoms with van der Waals surface area (Å²) < 4.78 is 42.9. The van der Waals surface area contributed by atoms with Gasteiger partial charge in [-0.3, -0.25) is 9.59 Å². The van der Waals surface area contributed by atoms with E-state index in [9.17, 15) is 22.8 Å². The summed E-state index contributed by atoms with van der Waals surface area (Å²) >= 11 is 0. The van der Waals surface area contributed by atoms with Crippen molar-refractivity contribution in [1.82, 2.24) is 4.90 Å². The summed E-state index contributed by atoms with van der Waals surface area (Å²) in [4.78, 5) is 23.6. The van der Waals surface area contributed by atoms with Gasteiger partial charge in [-0.2, -0.15) is 13.2 Å². The van der Waals surface area contributed by atoms with Crippen LogP contribution in [0.3, 0.4) is 0 Å². The number of nitrogens with zero attached hydrogens (tertiary/aromatic N) is 1. The second-order valence-electron chi connectivity index (χ2n) is 4.31. The lowest BCUT2D eigenvalue weighted by molar-refractivity contribution is -0.187. The van der Waals surface area contributed by atoms with Crippen LogP contribution in [0.1, 0.15) is 10.4 Å². The predicted octanol–water partition coefficient (Wildman–Crippen LogP) is 2.04. The standard InChI is InChI=1S/C11H10F3NO4.ClH/c12-11(13,14)8-4-15(3-7(8)10(17)18)9(16)6-1-2-19-5-6;/h1-2,5,7-8H,3-4H2,(H,17,18);1H/t7-,8-;/m1./s1. The molecule has 0 bridgehead atoms. The molecule has 1 aromatic heterocycles. The van der Waals surface area contributed by atoms with E-state index in [4.69, 9.17) is 5.11 Å². The fourth-order valence-corrected chi connectivity index (χ4v) is 2.12. The Balaban J connectivity index is 0.00000200. The number of alkyl halides is 3. The average molecular weight is 314 g/mol. The van der Waals surface area contributed by atoms with Crippen molar-refractivity contribution in [3.05, 3.63) is 24.2 Å². The zero-order valence-electron chi connectivity index (χ0n) is 9.96. The Hall–Kier alpha value is -1.70. The van der Waals surface area contributed by atoms with E-state index in [0.717, 1.165) is 11.2 Å². The van der Waals surface area contributed by atoms with E-state index in [0.29, 0.717) is 0 Å². The van der Waals surface area contributed by atoms with Crippen LogP contribution in [0.5, 0.6) is 0 Å². The zero-order chi connectivity index (χ0) is 14.2. The van der Waals surface area contributed by atoms with Gasteiger partial charge in [-0.15, -0.1) is 12.4 Å². The van der Waals surface area contributed by atoms with E-state index in [1.54, 1.807) is 0 Å². The van der Waals surface area contributed by atoms with Crippen LogP contribution in [-0.2, 0) is 4.79 Å². The van der Waals surface area contributed by atoms with Crippen molar-refractivity contribution in [2.45, 2.75) is 6.18 Å². The molecule has 1 amide bonds. The van der Waals surface area contributed by atoms with Gasteiger partial charge in [0, 0.05) is 13.1 Å². The first-order chi connectivity index (χ1) is 8.80. The van der Waals surface area contributed by atoms with Gasteiger partial charge in [0.1, 0.15) is 6.26 Å². The molecule has 0 radical (unpaired) electrons. The van der Waals surface area contributed by atoms with Gasteiger partial charge in [-0.05, 0) is 6.07 Å². The summed E-state index contributed by atoms with van der Waals surface area (Å²) in [6, 6.07) is 1.32. The topological polar surface area (TPSA) is 70.8 Å². The number of carbonyl (C=O) groups is 2. The molecule has 112 valence electrons. The number of carboxylic acids is 1. The largest absolute Gasteiger partial charge is 0.481 e. The number of hydrogen-bond acceptors (Lipinski definition) is 3. The van der Waals surface area contributed by atoms with Gasteiger partial charge in [-0.1, -0.05) is 0 Å². The maximum atomic E-state index is 12.7. The number of likely N-dealkylation sites (tertiary alicyclic amines) is 1. The second-order valence-corrected chi connectivity index (χ2v) is 4.31. The molecule has 1 aliphatic heterocycles. The minimum atomic E-state index is -4.64. The molecule has 1 saturated heterocycles. The number of furan rings is 1. The van der Waals surface area contributed by atoms with Gasteiger partial charge < -0.3 is 14.4 Å². The summed E-state index contributed by atoms with van der Waals surface area (Å²) in [5.41, 5.74) is 0.104. The summed E-state index contributed by atoms with van der Waals surface area (Å²) in [6.45, 7) is -1.10. The summed E-state index contributed by atoms with van der Waals surface area (Å²) in [6.07, 6.45) is -2.31. The van der Waals surface area contributed by atoms with Gasteiger partial charge >= 0.3 is 12.1 Å². The monoisotopic (exact) mass is 313 g/mol. The Morgan fingerprint density at radius 3 is 2.40 bits per heavy atom. The molecule has 0 aliphatic carbocycles. The maximum absolute atomic E-state index is 12.7. The minimum absolute atomic E-state index is 0. The number of amides is 1. The first-order valence-electron chi connectivity index (χ1n) is 5.41. The lowest BCUT2D eigenvalue weighted by Crippen LogP contribution is -2.34. The Morgan fingerprint density at radius 2 is 2.00 bits per heavy atom. The summed E-state index contributed by atoms with van der Waals surface area (Å²) in [5.74, 6) is -5.88. The zero-order valence-corrected chi connectivity index (χ0v) is 10.8. The second kappa shape index (κ2) is 5.74. The molecule has 2 rings (SSSR count). The SMILES string of the molecule is Cl.O=C(O)[C@@H]1CN(C(=O)c2ccoc2)C[C@H]1C(F)(F)F. The smallest absolute Gasteiger partial charge is 0.394 e. The molecule has 0 saturated carbocycles. The average Bonchev–Trinajstić information content (AvgIpc) is 2.96. The van der Waals surface area contributed by atoms with Gasteiger partial charge in [0.15, 0.2) is 0 Å². The molecule has 2 atom stereocenters. The van der Waals surface area contributed by atoms with E-state index in [2.05, 4.69) is 4.42 Å². The highest BCUT2D eigenvalue weighted by atomic mass is 35.5. The third-order valence-corrected chi connectivity index (χ3v) is 3.11. The highest BCUT2D eigenvalue weighted by molar-refractivity contribution is 5.94. The van der Waals surface area contributed by atoms with Crippen molar-refractivity contribution in [2.24, 2.45) is 11.8 Å². The van der Waals surface area contributed by atoms with Gasteiger partial charge in [-0.25, -0.2) is 0 Å². The van der Waals surface area contributed by atoms with E-state index in [1.165, 1.54) is 12.3 Å². The Kier molecular flexibility index (Phi) is 4.69. The number of carbonyl (C=O) groups excluding carboxylic acids is 1. The molecular formula is C11H11ClF3NO4. The van der Waals surface area contributed by atoms with Gasteiger partial charge in [0.05, 0.1) is 23.7 Å². The summed E-state index contributed by atoms with van der Waals surface area (Å²) in [5, 5.41) is 8.82. The molecular weight excluding hydrogens is 303 g/mol. The van der Waals surface area contributed by atoms with Crippen LogP contribution >= 0.6 is 12.4 Å². The molecule has 5 nitrogen and oxygen atoms in total. The molecule has 1 aliphatic rings. The van der Waals surface area contributed by atoms with Crippen molar-refractivity contribution in [3.63, 3.8) is 0 Å². The first kappa shape index (κ1) is 16.4. The van der Waals surface area contributed by atoms with Crippen molar-refractivity contribution in [1.29, 1.82) is 0 Å². The Bertz CT molecular complexity index is 488. The van der Waals surface area contributed by atoms with Crippen molar-refractivity contribution in [2.75, 3.05) is 13.1 Å². The van der Waals surface area contributed by atoms with Crippen LogP contribution in [0, 0.1) is 11.8 Å². The molecule has 1 N–H and O–H groups in total. The quantitative estimate of drug-likeness (QED) is 0.907. The van der Waals surface area contributed by atoms with E-state index in [1.807, 2.05) is 0 Å². The lowest BCUT2D eigenvalue weighted by Gasteiger charge is -2.18. The van der Waals surface area contributed by atoms with Crippen molar-refractivity contribution < 1.29 is 32.3 Å². The van der Waals surface area contributed by atoms with Gasteiger partial charge in [0.25, 0.3) is 5.91 Å². The fourth-order valence-electron chi connectivity index (χ4n) is 2.12. The third-order valence-electron chi connectivity index (χ3n) is 3.11. The van der Waals surface area contributed by atoms with Crippen molar-refractivity contribution >= 4 is 24.3 Å². The number of halogens is 4. The highest BCUT2D eigenvalue weighted by Gasteiger charge is 2.53. The predicted molar refractivity (Wildman–Crippen MR) is 62.5 cm³/mol. The van der Waals surface area contributed by atoms with Crippen LogP contribution in [0.2, 0.25) is 0 Å². The molecule has 1 fully saturated rings. The van der Waals surface area contributed by atoms with E-state index in [-0.39, 0.29) is 18.0 Å². The highest BCUT2D eigenvalue weighted by Crippen LogP contribution is 2.38. The first-order valence-corrected chi connectivity index (χ1v) is 5.41. The number of hydrogen-bond donors (Lipinski definition) is 1. The number of aliphatic carboxylic acids is 1. The van der Waals surface area contributed by atoms with Crippen LogP contribution in [-0.4, -0.2) is 41.1 Å². The fraction of sp³-hybridized carbons (Fsp3) is 0.455. The lowest BCUT2D eigenvalue weighted by atomic mass is 9.96. The molecule has 2 heterocycles. The minimum Gasteiger partial charge on any atom is -0.481 e. The maximum Gasteiger partial charge on any atom is 0.394 e. The molecule has 9 heteroatoms. The van der Waals surface area contributed by atoms with Crippen LogP contribution in [0.15, 0.2) is 23.0 Å². The van der Waals surface area contributed by atoms with E-state index < -0.39 is 43.0 Å². The Morgan fingerprint density at radius 1 is 1.35 bits per heavy atom. The summed E-state index contributed by atoms with van der Waals surface area (Å²) in [7, 11) is 0. The molecule has 0 spiro atoms. The van der Waals surface area contributed by atoms with Crippen LogP contribution < -0.4 is 0 Å². The third kappa shape index (κ3) is 3.06. The van der Waals surface area contributed by atoms with Gasteiger partial charge in [0.2, 0.25) is 0 Å². The van der Waals surface area contributed by atoms with Crippen LogP contribution in [0.25, 0.3) is 0 Å². The Labute approximate surface area is 117 Å². The normalized spacial score (nSPS) is 22.4. The van der Waals surface area contributed by atoms with E-state index >= 15 is 0 Å². The van der Waals surface area contributed by atoms with Crippen LogP contribution in [0.4, 0.5) is 13.2 Å².